The summed E-state index contributed by atoms with van der Waals surface area (Å²) in [5.74, 6) is 0.859. The Balaban J connectivity index is 1.98. The van der Waals surface area contributed by atoms with Crippen molar-refractivity contribution >= 4 is 15.7 Å². The highest BCUT2D eigenvalue weighted by molar-refractivity contribution is 7.92. The van der Waals surface area contributed by atoms with Gasteiger partial charge in [0, 0.05) is 13.3 Å². The Kier molecular flexibility index (Phi) is 4.41. The van der Waals surface area contributed by atoms with Crippen LogP contribution in [0.3, 0.4) is 0 Å². The Labute approximate surface area is 124 Å². The van der Waals surface area contributed by atoms with Crippen molar-refractivity contribution < 1.29 is 22.7 Å². The lowest BCUT2D eigenvalue weighted by molar-refractivity contribution is -0.130. The van der Waals surface area contributed by atoms with Gasteiger partial charge in [-0.05, 0) is 19.1 Å². The predicted molar refractivity (Wildman–Crippen MR) is 78.3 cm³/mol. The lowest BCUT2D eigenvalue weighted by atomic mass is 10.2. The van der Waals surface area contributed by atoms with Crippen LogP contribution >= 0.6 is 0 Å². The summed E-state index contributed by atoms with van der Waals surface area (Å²) in [7, 11) is -1.84. The molecule has 0 spiro atoms. The highest BCUT2D eigenvalue weighted by Gasteiger charge is 2.29. The number of para-hydroxylation sites is 2. The molecule has 0 saturated carbocycles. The van der Waals surface area contributed by atoms with Gasteiger partial charge in [0.15, 0.2) is 27.4 Å². The number of benzene rings is 1. The second-order valence-corrected chi connectivity index (χ2v) is 7.55. The number of amides is 1. The molecule has 1 aliphatic heterocycles. The summed E-state index contributed by atoms with van der Waals surface area (Å²) in [4.78, 5) is 13.4. The van der Waals surface area contributed by atoms with Crippen molar-refractivity contribution in [1.82, 2.24) is 4.90 Å². The topological polar surface area (TPSA) is 72.9 Å². The quantitative estimate of drug-likeness (QED) is 0.819. The molecule has 1 heterocycles. The zero-order valence-corrected chi connectivity index (χ0v) is 13.1. The van der Waals surface area contributed by atoms with Crippen molar-refractivity contribution in [3.63, 3.8) is 0 Å². The number of fused-ring (bicyclic) bond motifs is 1. The second kappa shape index (κ2) is 5.93. The Morgan fingerprint density at radius 1 is 1.38 bits per heavy atom. The van der Waals surface area contributed by atoms with Crippen LogP contribution in [0.4, 0.5) is 0 Å². The Bertz CT molecular complexity index is 628. The molecule has 1 amide bonds. The number of carbonyl (C=O) groups excluding carboxylic acids is 1. The molecule has 0 radical (unpaired) electrons. The van der Waals surface area contributed by atoms with Gasteiger partial charge in [-0.2, -0.15) is 0 Å². The van der Waals surface area contributed by atoms with E-state index < -0.39 is 21.0 Å². The summed E-state index contributed by atoms with van der Waals surface area (Å²) in [6.45, 7) is 1.98. The van der Waals surface area contributed by atoms with Gasteiger partial charge in [0.25, 0.3) is 0 Å². The molecule has 0 saturated heterocycles. The smallest absolute Gasteiger partial charge is 0.240 e. The largest absolute Gasteiger partial charge is 0.486 e. The van der Waals surface area contributed by atoms with Gasteiger partial charge in [-0.25, -0.2) is 8.42 Å². The molecule has 0 bridgehead atoms. The van der Waals surface area contributed by atoms with Crippen molar-refractivity contribution in [3.05, 3.63) is 24.3 Å². The van der Waals surface area contributed by atoms with Gasteiger partial charge >= 0.3 is 0 Å². The van der Waals surface area contributed by atoms with E-state index in [2.05, 4.69) is 0 Å². The first-order valence-corrected chi connectivity index (χ1v) is 8.57. The van der Waals surface area contributed by atoms with Crippen molar-refractivity contribution in [2.75, 3.05) is 26.5 Å². The molecular formula is C14H19NO5S. The molecule has 0 aliphatic carbocycles. The molecule has 0 fully saturated rings. The molecule has 2 rings (SSSR count). The van der Waals surface area contributed by atoms with E-state index in [4.69, 9.17) is 9.47 Å². The summed E-state index contributed by atoms with van der Waals surface area (Å²) in [6.07, 6.45) is 0.737. The molecule has 21 heavy (non-hydrogen) atoms. The van der Waals surface area contributed by atoms with Crippen LogP contribution in [0.15, 0.2) is 24.3 Å². The second-order valence-electron chi connectivity index (χ2n) is 5.19. The SMILES string of the molecule is C[C@H](C(=O)N(C)C[C@@H]1COc2ccccc2O1)S(C)(=O)=O. The van der Waals surface area contributed by atoms with Gasteiger partial charge < -0.3 is 14.4 Å². The summed E-state index contributed by atoms with van der Waals surface area (Å²) in [5.41, 5.74) is 0. The first kappa shape index (κ1) is 15.6. The predicted octanol–water partition coefficient (Wildman–Crippen LogP) is 0.718. The van der Waals surface area contributed by atoms with Gasteiger partial charge in [0.1, 0.15) is 11.9 Å². The maximum Gasteiger partial charge on any atom is 0.240 e. The Hall–Kier alpha value is -1.76. The van der Waals surface area contributed by atoms with Crippen molar-refractivity contribution in [3.8, 4) is 11.5 Å². The number of likely N-dealkylation sites (N-methyl/N-ethyl adjacent to an activating group) is 1. The maximum atomic E-state index is 12.1. The van der Waals surface area contributed by atoms with Crippen molar-refractivity contribution in [2.24, 2.45) is 0 Å². The molecule has 1 aromatic rings. The molecule has 116 valence electrons. The number of rotatable bonds is 4. The minimum Gasteiger partial charge on any atom is -0.486 e. The van der Waals surface area contributed by atoms with E-state index in [0.717, 1.165) is 6.26 Å². The van der Waals surface area contributed by atoms with Gasteiger partial charge in [-0.15, -0.1) is 0 Å². The monoisotopic (exact) mass is 313 g/mol. The molecule has 7 heteroatoms. The molecule has 6 nitrogen and oxygen atoms in total. The summed E-state index contributed by atoms with van der Waals surface area (Å²) < 4.78 is 34.2. The maximum absolute atomic E-state index is 12.1. The van der Waals surface area contributed by atoms with E-state index in [1.165, 1.54) is 11.8 Å². The van der Waals surface area contributed by atoms with Crippen LogP contribution in [0.5, 0.6) is 11.5 Å². The number of carbonyl (C=O) groups is 1. The third-order valence-corrected chi connectivity index (χ3v) is 4.90. The van der Waals surface area contributed by atoms with Crippen LogP contribution in [0.1, 0.15) is 6.92 Å². The highest BCUT2D eigenvalue weighted by Crippen LogP contribution is 2.30. The van der Waals surface area contributed by atoms with Crippen LogP contribution in [-0.4, -0.2) is 57.0 Å². The summed E-state index contributed by atoms with van der Waals surface area (Å²) in [5, 5.41) is -1.06. The summed E-state index contributed by atoms with van der Waals surface area (Å²) >= 11 is 0. The lowest BCUT2D eigenvalue weighted by Gasteiger charge is -2.30. The van der Waals surface area contributed by atoms with Crippen LogP contribution < -0.4 is 9.47 Å². The van der Waals surface area contributed by atoms with Gasteiger partial charge in [0.2, 0.25) is 5.91 Å². The van der Waals surface area contributed by atoms with E-state index in [1.807, 2.05) is 18.2 Å². The van der Waals surface area contributed by atoms with Gasteiger partial charge in [0.05, 0.1) is 6.54 Å². The van der Waals surface area contributed by atoms with Crippen LogP contribution in [0.2, 0.25) is 0 Å². The van der Waals surface area contributed by atoms with E-state index in [1.54, 1.807) is 13.1 Å². The molecule has 0 aromatic heterocycles. The van der Waals surface area contributed by atoms with Crippen molar-refractivity contribution in [2.45, 2.75) is 18.3 Å². The third kappa shape index (κ3) is 3.66. The Morgan fingerprint density at radius 3 is 2.62 bits per heavy atom. The zero-order valence-electron chi connectivity index (χ0n) is 12.3. The van der Waals surface area contributed by atoms with E-state index in [9.17, 15) is 13.2 Å². The molecule has 0 N–H and O–H groups in total. The summed E-state index contributed by atoms with van der Waals surface area (Å²) in [6, 6.07) is 7.30. The minimum atomic E-state index is -3.40. The molecule has 1 aromatic carbocycles. The third-order valence-electron chi connectivity index (χ3n) is 3.41. The number of hydrogen-bond acceptors (Lipinski definition) is 5. The number of nitrogens with zero attached hydrogens (tertiary/aromatic N) is 1. The lowest BCUT2D eigenvalue weighted by Crippen LogP contribution is -2.46. The van der Waals surface area contributed by atoms with Gasteiger partial charge in [-0.1, -0.05) is 12.1 Å². The fourth-order valence-corrected chi connectivity index (χ4v) is 2.59. The fraction of sp³-hybridized carbons (Fsp3) is 0.500. The molecule has 0 unspecified atom stereocenters. The first-order valence-electron chi connectivity index (χ1n) is 6.61. The van der Waals surface area contributed by atoms with Gasteiger partial charge in [-0.3, -0.25) is 4.79 Å². The molecule has 1 aliphatic rings. The molecular weight excluding hydrogens is 294 g/mol. The standard InChI is InChI=1S/C14H19NO5S/c1-10(21(3,17)18)14(16)15(2)8-11-9-19-12-6-4-5-7-13(12)20-11/h4-7,10-11H,8-9H2,1-3H3/t10-,11-/m1/s1. The average Bonchev–Trinajstić information content (AvgIpc) is 2.44. The average molecular weight is 313 g/mol. The van der Waals surface area contributed by atoms with E-state index in [0.29, 0.717) is 18.1 Å². The van der Waals surface area contributed by atoms with Crippen LogP contribution in [-0.2, 0) is 14.6 Å². The van der Waals surface area contributed by atoms with E-state index in [-0.39, 0.29) is 12.6 Å². The zero-order chi connectivity index (χ0) is 15.6. The fourth-order valence-electron chi connectivity index (χ4n) is 2.04. The normalized spacial score (nSPS) is 18.9. The minimum absolute atomic E-state index is 0.271. The first-order chi connectivity index (χ1) is 9.79. The number of hydrogen-bond donors (Lipinski definition) is 0. The van der Waals surface area contributed by atoms with Crippen molar-refractivity contribution in [1.29, 1.82) is 0 Å². The number of ether oxygens (including phenoxy) is 2. The van der Waals surface area contributed by atoms with Crippen LogP contribution in [0, 0.1) is 0 Å². The Morgan fingerprint density at radius 2 is 2.00 bits per heavy atom. The number of sulfone groups is 1. The van der Waals surface area contributed by atoms with E-state index >= 15 is 0 Å². The van der Waals surface area contributed by atoms with Crippen LogP contribution in [0.25, 0.3) is 0 Å². The molecule has 2 atom stereocenters. The highest BCUT2D eigenvalue weighted by atomic mass is 32.2.